The van der Waals surface area contributed by atoms with E-state index in [4.69, 9.17) is 4.42 Å². The number of hydrogen-bond acceptors (Lipinski definition) is 5. The molecule has 0 aliphatic carbocycles. The lowest BCUT2D eigenvalue weighted by molar-refractivity contribution is 0.0958. The molecule has 1 amide bonds. The summed E-state index contributed by atoms with van der Waals surface area (Å²) in [5, 5.41) is 9.30. The molecular formula is C23H24FN3O3. The van der Waals surface area contributed by atoms with E-state index in [1.54, 1.807) is 35.4 Å². The van der Waals surface area contributed by atoms with Crippen molar-refractivity contribution in [3.63, 3.8) is 0 Å². The Hall–Kier alpha value is -3.19. The molecule has 1 aliphatic rings. The number of aliphatic hydroxyl groups excluding tert-OH is 1. The Bertz CT molecular complexity index is 950. The Labute approximate surface area is 174 Å². The molecule has 4 rings (SSSR count). The monoisotopic (exact) mass is 409 g/mol. The molecule has 0 spiro atoms. The van der Waals surface area contributed by atoms with Gasteiger partial charge in [-0.1, -0.05) is 6.07 Å². The smallest absolute Gasteiger partial charge is 0.294 e. The van der Waals surface area contributed by atoms with Crippen molar-refractivity contribution >= 4 is 17.4 Å². The lowest BCUT2D eigenvalue weighted by Gasteiger charge is -2.32. The number of carbonyl (C=O) groups excluding carboxylic acids is 1. The Morgan fingerprint density at radius 1 is 1.17 bits per heavy atom. The van der Waals surface area contributed by atoms with Gasteiger partial charge >= 0.3 is 0 Å². The van der Waals surface area contributed by atoms with Crippen molar-refractivity contribution in [1.29, 1.82) is 0 Å². The molecule has 6 nitrogen and oxygen atoms in total. The first kappa shape index (κ1) is 20.1. The molecule has 3 heterocycles. The van der Waals surface area contributed by atoms with E-state index in [-0.39, 0.29) is 30.6 Å². The first-order valence-electron chi connectivity index (χ1n) is 10.1. The zero-order valence-electron chi connectivity index (χ0n) is 16.6. The zero-order chi connectivity index (χ0) is 20.9. The fourth-order valence-electron chi connectivity index (χ4n) is 3.66. The molecular weight excluding hydrogens is 385 g/mol. The number of benzene rings is 1. The summed E-state index contributed by atoms with van der Waals surface area (Å²) in [6, 6.07) is 13.0. The molecule has 1 aliphatic heterocycles. The van der Waals surface area contributed by atoms with E-state index in [1.165, 1.54) is 18.4 Å². The number of pyridine rings is 1. The van der Waals surface area contributed by atoms with E-state index >= 15 is 0 Å². The summed E-state index contributed by atoms with van der Waals surface area (Å²) < 4.78 is 18.6. The molecule has 30 heavy (non-hydrogen) atoms. The van der Waals surface area contributed by atoms with E-state index in [2.05, 4.69) is 9.88 Å². The molecule has 2 aromatic heterocycles. The number of carbonyl (C=O) groups is 1. The van der Waals surface area contributed by atoms with Crippen LogP contribution in [0.15, 0.2) is 65.4 Å². The normalized spacial score (nSPS) is 14.7. The van der Waals surface area contributed by atoms with Crippen LogP contribution < -0.4 is 9.80 Å². The van der Waals surface area contributed by atoms with E-state index < -0.39 is 0 Å². The number of nitrogens with zero attached hydrogens (tertiary/aromatic N) is 3. The molecule has 0 saturated carbocycles. The molecule has 3 aromatic rings. The third kappa shape index (κ3) is 4.52. The van der Waals surface area contributed by atoms with E-state index in [9.17, 15) is 14.3 Å². The predicted octanol–water partition coefficient (Wildman–Crippen LogP) is 3.87. The maximum atomic E-state index is 13.4. The maximum absolute atomic E-state index is 13.4. The third-order valence-corrected chi connectivity index (χ3v) is 5.46. The maximum Gasteiger partial charge on any atom is 0.294 e. The topological polar surface area (TPSA) is 69.8 Å². The van der Waals surface area contributed by atoms with Gasteiger partial charge in [0.1, 0.15) is 11.6 Å². The summed E-state index contributed by atoms with van der Waals surface area (Å²) in [6.45, 7) is 2.26. The molecule has 0 bridgehead atoms. The molecule has 0 unspecified atom stereocenters. The summed E-state index contributed by atoms with van der Waals surface area (Å²) in [7, 11) is 0. The van der Waals surface area contributed by atoms with Crippen LogP contribution in [0.5, 0.6) is 0 Å². The number of halogens is 1. The van der Waals surface area contributed by atoms with E-state index in [1.807, 2.05) is 12.1 Å². The van der Waals surface area contributed by atoms with Crippen molar-refractivity contribution < 1.29 is 18.7 Å². The van der Waals surface area contributed by atoms with Crippen LogP contribution in [0.25, 0.3) is 0 Å². The highest BCUT2D eigenvalue weighted by molar-refractivity contribution is 6.04. The molecule has 1 aromatic carbocycles. The Balaban J connectivity index is 1.51. The van der Waals surface area contributed by atoms with Crippen LogP contribution in [0.1, 0.15) is 29.0 Å². The summed E-state index contributed by atoms with van der Waals surface area (Å²) in [5.74, 6) is 0.816. The standard InChI is InChI=1S/C23H24FN3O3/c24-19-4-6-20(7-5-19)27(23(29)21-2-1-13-30-21)15-18-3-8-22(25-14-18)26-11-9-17(16-28)10-12-26/h1-8,13-14,17,28H,9-12,15-16H2. The van der Waals surface area contributed by atoms with Gasteiger partial charge in [-0.25, -0.2) is 9.37 Å². The summed E-state index contributed by atoms with van der Waals surface area (Å²) in [4.78, 5) is 21.3. The quantitative estimate of drug-likeness (QED) is 0.669. The van der Waals surface area contributed by atoms with Crippen LogP contribution in [-0.2, 0) is 6.54 Å². The van der Waals surface area contributed by atoms with Crippen molar-refractivity contribution in [3.05, 3.63) is 78.1 Å². The highest BCUT2D eigenvalue weighted by atomic mass is 19.1. The van der Waals surface area contributed by atoms with Gasteiger partial charge in [0.05, 0.1) is 12.8 Å². The second-order valence-corrected chi connectivity index (χ2v) is 7.48. The second kappa shape index (κ2) is 9.09. The van der Waals surface area contributed by atoms with Gasteiger partial charge in [0.15, 0.2) is 5.76 Å². The lowest BCUT2D eigenvalue weighted by atomic mass is 9.98. The minimum atomic E-state index is -0.361. The molecule has 1 fully saturated rings. The van der Waals surface area contributed by atoms with Gasteiger partial charge in [-0.15, -0.1) is 0 Å². The van der Waals surface area contributed by atoms with Crippen molar-refractivity contribution in [3.8, 4) is 0 Å². The van der Waals surface area contributed by atoms with Gasteiger partial charge in [-0.05, 0) is 66.8 Å². The Morgan fingerprint density at radius 3 is 2.53 bits per heavy atom. The number of furan rings is 1. The number of aromatic nitrogens is 1. The molecule has 0 radical (unpaired) electrons. The minimum absolute atomic E-state index is 0.218. The van der Waals surface area contributed by atoms with E-state index in [0.717, 1.165) is 37.3 Å². The molecule has 1 saturated heterocycles. The largest absolute Gasteiger partial charge is 0.459 e. The van der Waals surface area contributed by atoms with Gasteiger partial charge in [0, 0.05) is 31.6 Å². The highest BCUT2D eigenvalue weighted by Gasteiger charge is 2.22. The minimum Gasteiger partial charge on any atom is -0.459 e. The fourth-order valence-corrected chi connectivity index (χ4v) is 3.66. The van der Waals surface area contributed by atoms with Crippen LogP contribution in [0.3, 0.4) is 0 Å². The first-order chi connectivity index (χ1) is 14.6. The predicted molar refractivity (Wildman–Crippen MR) is 112 cm³/mol. The van der Waals surface area contributed by atoms with Gasteiger partial charge in [-0.3, -0.25) is 4.79 Å². The summed E-state index contributed by atoms with van der Waals surface area (Å²) >= 11 is 0. The van der Waals surface area contributed by atoms with Crippen LogP contribution >= 0.6 is 0 Å². The SMILES string of the molecule is O=C(c1ccco1)N(Cc1ccc(N2CCC(CO)CC2)nc1)c1ccc(F)cc1. The molecule has 1 N–H and O–H groups in total. The molecule has 0 atom stereocenters. The van der Waals surface area contributed by atoms with Gasteiger partial charge in [0.25, 0.3) is 5.91 Å². The van der Waals surface area contributed by atoms with Gasteiger partial charge in [0.2, 0.25) is 0 Å². The zero-order valence-corrected chi connectivity index (χ0v) is 16.6. The average molecular weight is 409 g/mol. The number of aliphatic hydroxyl groups is 1. The van der Waals surface area contributed by atoms with Gasteiger partial charge < -0.3 is 19.3 Å². The summed E-state index contributed by atoms with van der Waals surface area (Å²) in [5.41, 5.74) is 1.43. The average Bonchev–Trinajstić information content (AvgIpc) is 3.33. The molecule has 7 heteroatoms. The lowest BCUT2D eigenvalue weighted by Crippen LogP contribution is -2.35. The van der Waals surface area contributed by atoms with Crippen molar-refractivity contribution in [2.45, 2.75) is 19.4 Å². The number of anilines is 2. The number of piperidine rings is 1. The third-order valence-electron chi connectivity index (χ3n) is 5.46. The number of rotatable bonds is 6. The Morgan fingerprint density at radius 2 is 1.93 bits per heavy atom. The number of amides is 1. The van der Waals surface area contributed by atoms with Crippen LogP contribution in [0.4, 0.5) is 15.9 Å². The second-order valence-electron chi connectivity index (χ2n) is 7.48. The Kier molecular flexibility index (Phi) is 6.09. The van der Waals surface area contributed by atoms with Crippen molar-refractivity contribution in [2.24, 2.45) is 5.92 Å². The molecule has 156 valence electrons. The van der Waals surface area contributed by atoms with Crippen LogP contribution in [0, 0.1) is 11.7 Å². The van der Waals surface area contributed by atoms with E-state index in [0.29, 0.717) is 11.6 Å². The van der Waals surface area contributed by atoms with Crippen LogP contribution in [0.2, 0.25) is 0 Å². The fraction of sp³-hybridized carbons (Fsp3) is 0.304. The summed E-state index contributed by atoms with van der Waals surface area (Å²) in [6.07, 6.45) is 5.12. The van der Waals surface area contributed by atoms with Crippen LogP contribution in [-0.4, -0.2) is 35.7 Å². The van der Waals surface area contributed by atoms with Crippen molar-refractivity contribution in [2.75, 3.05) is 29.5 Å². The first-order valence-corrected chi connectivity index (χ1v) is 10.1. The number of hydrogen-bond donors (Lipinski definition) is 1. The highest BCUT2D eigenvalue weighted by Crippen LogP contribution is 2.24. The van der Waals surface area contributed by atoms with Gasteiger partial charge in [-0.2, -0.15) is 0 Å². The van der Waals surface area contributed by atoms with Crippen molar-refractivity contribution in [1.82, 2.24) is 4.98 Å².